The van der Waals surface area contributed by atoms with Crippen molar-refractivity contribution in [3.05, 3.63) is 47.9 Å². The molecule has 96 valence electrons. The average molecular weight is 260 g/mol. The molecule has 0 saturated carbocycles. The van der Waals surface area contributed by atoms with Crippen molar-refractivity contribution in [1.82, 2.24) is 0 Å². The third-order valence-electron chi connectivity index (χ3n) is 2.75. The Bertz CT molecular complexity index is 506. The van der Waals surface area contributed by atoms with Crippen LogP contribution in [0, 0.1) is 0 Å². The first kappa shape index (κ1) is 13.3. The third-order valence-corrected chi connectivity index (χ3v) is 3.78. The number of furan rings is 1. The summed E-state index contributed by atoms with van der Waals surface area (Å²) in [5.41, 5.74) is 0.0462. The maximum atomic E-state index is 5.98. The number of aryl methyl sites for hydroxylation is 1. The highest BCUT2D eigenvalue weighted by Crippen LogP contribution is 2.38. The van der Waals surface area contributed by atoms with Gasteiger partial charge in [0.05, 0.1) is 4.90 Å². The number of hydrogen-bond acceptors (Lipinski definition) is 2. The topological polar surface area (TPSA) is 13.1 Å². The fraction of sp³-hybridized carbons (Fsp3) is 0.375. The molecular formula is C16H20OS. The van der Waals surface area contributed by atoms with E-state index in [1.807, 2.05) is 6.07 Å². The molecule has 0 aliphatic carbocycles. The minimum Gasteiger partial charge on any atom is -0.464 e. The van der Waals surface area contributed by atoms with Gasteiger partial charge in [-0.1, -0.05) is 57.7 Å². The summed E-state index contributed by atoms with van der Waals surface area (Å²) in [6.45, 7) is 8.71. The first-order valence-corrected chi connectivity index (χ1v) is 7.18. The van der Waals surface area contributed by atoms with Gasteiger partial charge in [-0.25, -0.2) is 0 Å². The Balaban J connectivity index is 2.35. The summed E-state index contributed by atoms with van der Waals surface area (Å²) < 4.78 is 5.98. The van der Waals surface area contributed by atoms with Crippen molar-refractivity contribution in [2.24, 2.45) is 0 Å². The SMILES string of the molecule is CCc1cc(Sc2ccccc2)c(C(C)(C)C)o1. The van der Waals surface area contributed by atoms with E-state index in [-0.39, 0.29) is 5.41 Å². The molecule has 2 heteroatoms. The summed E-state index contributed by atoms with van der Waals surface area (Å²) in [7, 11) is 0. The monoisotopic (exact) mass is 260 g/mol. The molecular weight excluding hydrogens is 240 g/mol. The minimum atomic E-state index is 0.0462. The fourth-order valence-corrected chi connectivity index (χ4v) is 2.99. The second kappa shape index (κ2) is 5.23. The van der Waals surface area contributed by atoms with Crippen LogP contribution < -0.4 is 0 Å². The molecule has 1 aromatic heterocycles. The highest BCUT2D eigenvalue weighted by atomic mass is 32.2. The average Bonchev–Trinajstić information content (AvgIpc) is 2.73. The highest BCUT2D eigenvalue weighted by Gasteiger charge is 2.23. The van der Waals surface area contributed by atoms with E-state index in [0.29, 0.717) is 0 Å². The molecule has 1 heterocycles. The zero-order chi connectivity index (χ0) is 13.2. The molecule has 0 atom stereocenters. The maximum Gasteiger partial charge on any atom is 0.123 e. The maximum absolute atomic E-state index is 5.98. The van der Waals surface area contributed by atoms with E-state index < -0.39 is 0 Å². The second-order valence-electron chi connectivity index (χ2n) is 5.42. The minimum absolute atomic E-state index is 0.0462. The van der Waals surface area contributed by atoms with Gasteiger partial charge in [-0.05, 0) is 18.2 Å². The summed E-state index contributed by atoms with van der Waals surface area (Å²) in [6, 6.07) is 12.6. The Morgan fingerprint density at radius 3 is 2.33 bits per heavy atom. The normalized spacial score (nSPS) is 11.8. The van der Waals surface area contributed by atoms with Crippen LogP contribution in [0.3, 0.4) is 0 Å². The van der Waals surface area contributed by atoms with Gasteiger partial charge in [0.1, 0.15) is 11.5 Å². The van der Waals surface area contributed by atoms with Gasteiger partial charge in [0.2, 0.25) is 0 Å². The Morgan fingerprint density at radius 2 is 1.78 bits per heavy atom. The Hall–Kier alpha value is -1.15. The molecule has 0 N–H and O–H groups in total. The van der Waals surface area contributed by atoms with Crippen molar-refractivity contribution >= 4 is 11.8 Å². The molecule has 18 heavy (non-hydrogen) atoms. The first-order valence-electron chi connectivity index (χ1n) is 6.37. The summed E-state index contributed by atoms with van der Waals surface area (Å²) in [6.07, 6.45) is 0.943. The van der Waals surface area contributed by atoms with Gasteiger partial charge in [-0.3, -0.25) is 0 Å². The Labute approximate surface area is 114 Å². The van der Waals surface area contributed by atoms with Gasteiger partial charge in [-0.2, -0.15) is 0 Å². The van der Waals surface area contributed by atoms with E-state index in [4.69, 9.17) is 4.42 Å². The smallest absolute Gasteiger partial charge is 0.123 e. The molecule has 1 aromatic carbocycles. The number of rotatable bonds is 3. The first-order chi connectivity index (χ1) is 8.50. The van der Waals surface area contributed by atoms with Crippen LogP contribution in [0.1, 0.15) is 39.2 Å². The molecule has 0 radical (unpaired) electrons. The van der Waals surface area contributed by atoms with Gasteiger partial charge >= 0.3 is 0 Å². The quantitative estimate of drug-likeness (QED) is 0.743. The summed E-state index contributed by atoms with van der Waals surface area (Å²) in [5.74, 6) is 2.16. The van der Waals surface area contributed by atoms with Crippen molar-refractivity contribution < 1.29 is 4.42 Å². The Morgan fingerprint density at radius 1 is 1.11 bits per heavy atom. The van der Waals surface area contributed by atoms with Gasteiger partial charge in [0, 0.05) is 16.7 Å². The van der Waals surface area contributed by atoms with Crippen LogP contribution in [-0.2, 0) is 11.8 Å². The lowest BCUT2D eigenvalue weighted by Gasteiger charge is -2.17. The van der Waals surface area contributed by atoms with E-state index >= 15 is 0 Å². The second-order valence-corrected chi connectivity index (χ2v) is 6.54. The molecule has 2 aromatic rings. The molecule has 0 spiro atoms. The summed E-state index contributed by atoms with van der Waals surface area (Å²) in [5, 5.41) is 0. The van der Waals surface area contributed by atoms with Crippen LogP contribution in [0.2, 0.25) is 0 Å². The fourth-order valence-electron chi connectivity index (χ4n) is 1.81. The molecule has 0 aliphatic heterocycles. The molecule has 0 saturated heterocycles. The molecule has 0 fully saturated rings. The van der Waals surface area contributed by atoms with E-state index in [9.17, 15) is 0 Å². The number of benzene rings is 1. The number of hydrogen-bond donors (Lipinski definition) is 0. The van der Waals surface area contributed by atoms with Crippen LogP contribution >= 0.6 is 11.8 Å². The van der Waals surface area contributed by atoms with Crippen LogP contribution in [0.4, 0.5) is 0 Å². The van der Waals surface area contributed by atoms with E-state index in [1.165, 1.54) is 9.79 Å². The molecule has 0 amide bonds. The van der Waals surface area contributed by atoms with Gasteiger partial charge in [-0.15, -0.1) is 0 Å². The zero-order valence-electron chi connectivity index (χ0n) is 11.5. The summed E-state index contributed by atoms with van der Waals surface area (Å²) in [4.78, 5) is 2.50. The van der Waals surface area contributed by atoms with Gasteiger partial charge < -0.3 is 4.42 Å². The largest absolute Gasteiger partial charge is 0.464 e. The van der Waals surface area contributed by atoms with Crippen molar-refractivity contribution in [2.75, 3.05) is 0 Å². The van der Waals surface area contributed by atoms with E-state index in [1.54, 1.807) is 11.8 Å². The van der Waals surface area contributed by atoms with Gasteiger partial charge in [0.15, 0.2) is 0 Å². The Kier molecular flexibility index (Phi) is 3.86. The standard InChI is InChI=1S/C16H20OS/c1-5-12-11-14(15(17-12)16(2,3)4)18-13-9-7-6-8-10-13/h6-11H,5H2,1-4H3. The molecule has 2 rings (SSSR count). The highest BCUT2D eigenvalue weighted by molar-refractivity contribution is 7.99. The molecule has 0 bridgehead atoms. The van der Waals surface area contributed by atoms with Crippen LogP contribution in [0.25, 0.3) is 0 Å². The lowest BCUT2D eigenvalue weighted by Crippen LogP contribution is -2.10. The molecule has 0 aliphatic rings. The van der Waals surface area contributed by atoms with Crippen LogP contribution in [-0.4, -0.2) is 0 Å². The van der Waals surface area contributed by atoms with Crippen LogP contribution in [0.5, 0.6) is 0 Å². The third kappa shape index (κ3) is 2.99. The molecule has 1 nitrogen and oxygen atoms in total. The van der Waals surface area contributed by atoms with Crippen molar-refractivity contribution in [3.8, 4) is 0 Å². The zero-order valence-corrected chi connectivity index (χ0v) is 12.3. The van der Waals surface area contributed by atoms with E-state index in [2.05, 4.69) is 58.0 Å². The lowest BCUT2D eigenvalue weighted by atomic mass is 9.93. The van der Waals surface area contributed by atoms with Crippen molar-refractivity contribution in [2.45, 2.75) is 49.3 Å². The summed E-state index contributed by atoms with van der Waals surface area (Å²) >= 11 is 1.78. The molecule has 0 unspecified atom stereocenters. The van der Waals surface area contributed by atoms with Crippen LogP contribution in [0.15, 0.2) is 50.6 Å². The van der Waals surface area contributed by atoms with E-state index in [0.717, 1.165) is 17.9 Å². The predicted molar refractivity (Wildman–Crippen MR) is 77.4 cm³/mol. The van der Waals surface area contributed by atoms with Crippen molar-refractivity contribution in [3.63, 3.8) is 0 Å². The van der Waals surface area contributed by atoms with Crippen molar-refractivity contribution in [1.29, 1.82) is 0 Å². The van der Waals surface area contributed by atoms with Gasteiger partial charge in [0.25, 0.3) is 0 Å². The predicted octanol–water partition coefficient (Wildman–Crippen LogP) is 5.29. The lowest BCUT2D eigenvalue weighted by molar-refractivity contribution is 0.380.